The Balaban J connectivity index is 2.52. The molecule has 0 spiro atoms. The first-order valence-corrected chi connectivity index (χ1v) is 6.24. The fourth-order valence-corrected chi connectivity index (χ4v) is 2.27. The first-order chi connectivity index (χ1) is 7.63. The third kappa shape index (κ3) is 2.12. The summed E-state index contributed by atoms with van der Waals surface area (Å²) in [7, 11) is 1.62. The Kier molecular flexibility index (Phi) is 3.56. The summed E-state index contributed by atoms with van der Waals surface area (Å²) in [5.41, 5.74) is 1.53. The largest absolute Gasteiger partial charge is 0.497 e. The van der Waals surface area contributed by atoms with Crippen LogP contribution in [0.15, 0.2) is 31.7 Å². The number of hydrogen-bond acceptors (Lipinski definition) is 3. The molecule has 0 saturated carbocycles. The summed E-state index contributed by atoms with van der Waals surface area (Å²) in [6, 6.07) is 5.57. The van der Waals surface area contributed by atoms with E-state index in [-0.39, 0.29) is 5.22 Å². The van der Waals surface area contributed by atoms with Crippen molar-refractivity contribution in [2.75, 3.05) is 7.11 Å². The van der Waals surface area contributed by atoms with Crippen molar-refractivity contribution in [3.63, 3.8) is 0 Å². The Morgan fingerprint density at radius 2 is 2.12 bits per heavy atom. The number of nitrogens with zero attached hydrogens (tertiary/aromatic N) is 1. The molecule has 0 saturated heterocycles. The van der Waals surface area contributed by atoms with Gasteiger partial charge in [-0.2, -0.15) is 0 Å². The predicted octanol–water partition coefficient (Wildman–Crippen LogP) is 4.53. The molecule has 3 nitrogen and oxygen atoms in total. The molecular weight excluding hydrogens is 361 g/mol. The van der Waals surface area contributed by atoms with Crippen LogP contribution in [-0.4, -0.2) is 12.3 Å². The number of halogens is 3. The molecule has 84 valence electrons. The van der Waals surface area contributed by atoms with Gasteiger partial charge in [0.05, 0.1) is 7.11 Å². The zero-order chi connectivity index (χ0) is 11.7. The molecule has 0 amide bonds. The highest BCUT2D eigenvalue weighted by molar-refractivity contribution is 9.11. The molecule has 1 aromatic heterocycles. The standard InChI is InChI=1S/C10H6Br2ClNO2/c1-15-5-2-3-6(7(11)4-5)9-8(12)10(13)16-14-9/h2-4H,1H3. The number of aromatic nitrogens is 1. The zero-order valence-electron chi connectivity index (χ0n) is 8.13. The highest BCUT2D eigenvalue weighted by atomic mass is 79.9. The molecular formula is C10H6Br2ClNO2. The number of ether oxygens (including phenoxy) is 1. The minimum atomic E-state index is 0.234. The third-order valence-corrected chi connectivity index (χ3v) is 3.91. The maximum Gasteiger partial charge on any atom is 0.240 e. The molecule has 1 heterocycles. The monoisotopic (exact) mass is 365 g/mol. The third-order valence-electron chi connectivity index (χ3n) is 2.03. The summed E-state index contributed by atoms with van der Waals surface area (Å²) >= 11 is 12.5. The van der Waals surface area contributed by atoms with Crippen LogP contribution < -0.4 is 4.74 Å². The normalized spacial score (nSPS) is 10.5. The number of rotatable bonds is 2. The molecule has 0 radical (unpaired) electrons. The minimum Gasteiger partial charge on any atom is -0.497 e. The van der Waals surface area contributed by atoms with E-state index in [0.717, 1.165) is 15.8 Å². The summed E-state index contributed by atoms with van der Waals surface area (Å²) in [5.74, 6) is 0.765. The molecule has 6 heteroatoms. The van der Waals surface area contributed by atoms with Crippen molar-refractivity contribution in [2.45, 2.75) is 0 Å². The van der Waals surface area contributed by atoms with Crippen molar-refractivity contribution in [3.05, 3.63) is 32.4 Å². The van der Waals surface area contributed by atoms with Gasteiger partial charge in [0, 0.05) is 10.0 Å². The van der Waals surface area contributed by atoms with Crippen molar-refractivity contribution in [1.82, 2.24) is 5.16 Å². The van der Waals surface area contributed by atoms with Crippen LogP contribution in [0, 0.1) is 0 Å². The highest BCUT2D eigenvalue weighted by Gasteiger charge is 2.16. The van der Waals surface area contributed by atoms with Gasteiger partial charge in [0.2, 0.25) is 5.22 Å². The minimum absolute atomic E-state index is 0.234. The molecule has 0 aliphatic carbocycles. The fourth-order valence-electron chi connectivity index (χ4n) is 1.24. The van der Waals surface area contributed by atoms with Gasteiger partial charge in [0.15, 0.2) is 0 Å². The van der Waals surface area contributed by atoms with Gasteiger partial charge in [-0.15, -0.1) is 0 Å². The topological polar surface area (TPSA) is 35.3 Å². The molecule has 2 rings (SSSR count). The summed E-state index contributed by atoms with van der Waals surface area (Å²) in [5, 5.41) is 4.11. The molecule has 16 heavy (non-hydrogen) atoms. The van der Waals surface area contributed by atoms with E-state index in [1.807, 2.05) is 18.2 Å². The maximum atomic E-state index is 5.77. The van der Waals surface area contributed by atoms with Crippen LogP contribution in [0.25, 0.3) is 11.3 Å². The molecule has 0 aliphatic heterocycles. The van der Waals surface area contributed by atoms with Gasteiger partial charge in [-0.3, -0.25) is 0 Å². The van der Waals surface area contributed by atoms with Gasteiger partial charge in [0.25, 0.3) is 0 Å². The first-order valence-electron chi connectivity index (χ1n) is 4.28. The Labute approximate surface area is 114 Å². The predicted molar refractivity (Wildman–Crippen MR) is 68.9 cm³/mol. The second-order valence-corrected chi connectivity index (χ2v) is 4.96. The van der Waals surface area contributed by atoms with Crippen molar-refractivity contribution in [2.24, 2.45) is 0 Å². The molecule has 0 fully saturated rings. The Bertz CT molecular complexity index is 528. The lowest BCUT2D eigenvalue weighted by atomic mass is 10.1. The van der Waals surface area contributed by atoms with Crippen LogP contribution in [0.2, 0.25) is 5.22 Å². The lowest BCUT2D eigenvalue weighted by Gasteiger charge is -2.04. The Morgan fingerprint density at radius 1 is 1.38 bits per heavy atom. The molecule has 0 unspecified atom stereocenters. The summed E-state index contributed by atoms with van der Waals surface area (Å²) < 4.78 is 11.5. The second-order valence-electron chi connectivity index (χ2n) is 2.96. The van der Waals surface area contributed by atoms with E-state index in [4.69, 9.17) is 20.9 Å². The Morgan fingerprint density at radius 3 is 2.62 bits per heavy atom. The average Bonchev–Trinajstić information content (AvgIpc) is 2.60. The van der Waals surface area contributed by atoms with Crippen molar-refractivity contribution < 1.29 is 9.26 Å². The Hall–Kier alpha value is -0.520. The summed E-state index contributed by atoms with van der Waals surface area (Å²) in [6.07, 6.45) is 0. The van der Waals surface area contributed by atoms with Gasteiger partial charge in [-0.05, 0) is 61.7 Å². The summed E-state index contributed by atoms with van der Waals surface area (Å²) in [4.78, 5) is 0. The quantitative estimate of drug-likeness (QED) is 0.782. The van der Waals surface area contributed by atoms with E-state index in [1.165, 1.54) is 0 Å². The number of hydrogen-bond donors (Lipinski definition) is 0. The first kappa shape index (κ1) is 12.0. The molecule has 0 aliphatic rings. The smallest absolute Gasteiger partial charge is 0.240 e. The lowest BCUT2D eigenvalue weighted by molar-refractivity contribution is 0.414. The highest BCUT2D eigenvalue weighted by Crippen LogP contribution is 2.38. The van der Waals surface area contributed by atoms with Crippen LogP contribution in [0.5, 0.6) is 5.75 Å². The second kappa shape index (κ2) is 4.77. The van der Waals surface area contributed by atoms with E-state index < -0.39 is 0 Å². The van der Waals surface area contributed by atoms with Crippen LogP contribution in [0.1, 0.15) is 0 Å². The van der Waals surface area contributed by atoms with Crippen molar-refractivity contribution in [1.29, 1.82) is 0 Å². The molecule has 0 N–H and O–H groups in total. The van der Waals surface area contributed by atoms with Crippen LogP contribution in [-0.2, 0) is 0 Å². The molecule has 0 bridgehead atoms. The molecule has 2 aromatic rings. The van der Waals surface area contributed by atoms with E-state index >= 15 is 0 Å². The zero-order valence-corrected chi connectivity index (χ0v) is 12.1. The van der Waals surface area contributed by atoms with Crippen LogP contribution in [0.4, 0.5) is 0 Å². The van der Waals surface area contributed by atoms with Gasteiger partial charge < -0.3 is 9.26 Å². The van der Waals surface area contributed by atoms with Crippen LogP contribution >= 0.6 is 43.5 Å². The summed E-state index contributed by atoms with van der Waals surface area (Å²) in [6.45, 7) is 0. The van der Waals surface area contributed by atoms with E-state index in [1.54, 1.807) is 7.11 Å². The van der Waals surface area contributed by atoms with Gasteiger partial charge in [-0.1, -0.05) is 5.16 Å². The number of methoxy groups -OCH3 is 1. The van der Waals surface area contributed by atoms with Crippen molar-refractivity contribution >= 4 is 43.5 Å². The lowest BCUT2D eigenvalue weighted by Crippen LogP contribution is -1.85. The van der Waals surface area contributed by atoms with E-state index in [9.17, 15) is 0 Å². The van der Waals surface area contributed by atoms with Gasteiger partial charge in [-0.25, -0.2) is 0 Å². The van der Waals surface area contributed by atoms with Gasteiger partial charge >= 0.3 is 0 Å². The maximum absolute atomic E-state index is 5.77. The SMILES string of the molecule is COc1ccc(-c2noc(Cl)c2Br)c(Br)c1. The average molecular weight is 367 g/mol. The van der Waals surface area contributed by atoms with E-state index in [2.05, 4.69) is 37.0 Å². The van der Waals surface area contributed by atoms with Gasteiger partial charge in [0.1, 0.15) is 15.9 Å². The van der Waals surface area contributed by atoms with E-state index in [0.29, 0.717) is 10.2 Å². The van der Waals surface area contributed by atoms with Crippen LogP contribution in [0.3, 0.4) is 0 Å². The van der Waals surface area contributed by atoms with Crippen molar-refractivity contribution in [3.8, 4) is 17.0 Å². The molecule has 1 aromatic carbocycles. The molecule has 0 atom stereocenters. The number of benzene rings is 1. The fraction of sp³-hybridized carbons (Fsp3) is 0.100.